The minimum Gasteiger partial charge on any atom is -0.338 e. The van der Waals surface area contributed by atoms with Gasteiger partial charge in [-0.15, -0.1) is 5.10 Å². The molecule has 3 aromatic rings. The first-order chi connectivity index (χ1) is 13.2. The summed E-state index contributed by atoms with van der Waals surface area (Å²) in [5.41, 5.74) is 1.00. The van der Waals surface area contributed by atoms with E-state index in [4.69, 9.17) is 0 Å². The molecule has 9 nitrogen and oxygen atoms in total. The fraction of sp³-hybridized carbons (Fsp3) is 0.278. The first kappa shape index (κ1) is 18.3. The van der Waals surface area contributed by atoms with Gasteiger partial charge in [-0.1, -0.05) is 30.3 Å². The van der Waals surface area contributed by atoms with Crippen LogP contribution in [0.4, 0.5) is 4.79 Å². The molecular formula is C18H21N7O2. The Labute approximate surface area is 156 Å². The molecule has 2 amide bonds. The number of hydrogen-bond acceptors (Lipinski definition) is 5. The first-order valence-corrected chi connectivity index (χ1v) is 8.71. The molecule has 0 saturated carbocycles. The van der Waals surface area contributed by atoms with Gasteiger partial charge in [0.05, 0.1) is 6.54 Å². The van der Waals surface area contributed by atoms with Crippen LogP contribution in [0.3, 0.4) is 0 Å². The average molecular weight is 367 g/mol. The van der Waals surface area contributed by atoms with E-state index in [1.165, 1.54) is 33.6 Å². The number of carbonyl (C=O) groups excluding carboxylic acids is 1. The lowest BCUT2D eigenvalue weighted by Gasteiger charge is -2.09. The van der Waals surface area contributed by atoms with E-state index >= 15 is 0 Å². The Morgan fingerprint density at radius 1 is 1.04 bits per heavy atom. The van der Waals surface area contributed by atoms with Gasteiger partial charge in [-0.25, -0.2) is 19.1 Å². The molecule has 2 N–H and O–H groups in total. The van der Waals surface area contributed by atoms with Crippen molar-refractivity contribution in [1.82, 2.24) is 35.2 Å². The molecule has 140 valence electrons. The predicted molar refractivity (Wildman–Crippen MR) is 99.6 cm³/mol. The molecule has 0 radical (unpaired) electrons. The Kier molecular flexibility index (Phi) is 6.29. The Balaban J connectivity index is 1.39. The lowest BCUT2D eigenvalue weighted by molar-refractivity contribution is 0.240. The molecule has 0 bridgehead atoms. The van der Waals surface area contributed by atoms with E-state index in [2.05, 4.69) is 37.9 Å². The lowest BCUT2D eigenvalue weighted by Crippen LogP contribution is -2.39. The van der Waals surface area contributed by atoms with Crippen molar-refractivity contribution in [3.05, 3.63) is 71.0 Å². The minimum atomic E-state index is -0.261. The molecule has 9 heteroatoms. The average Bonchev–Trinajstić information content (AvgIpc) is 3.22. The maximum Gasteiger partial charge on any atom is 0.314 e. The molecule has 27 heavy (non-hydrogen) atoms. The van der Waals surface area contributed by atoms with Crippen molar-refractivity contribution in [2.75, 3.05) is 13.1 Å². The van der Waals surface area contributed by atoms with Crippen LogP contribution >= 0.6 is 0 Å². The van der Waals surface area contributed by atoms with E-state index in [1.54, 1.807) is 6.07 Å². The third-order valence-corrected chi connectivity index (χ3v) is 3.89. The second-order valence-corrected chi connectivity index (χ2v) is 5.86. The van der Waals surface area contributed by atoms with E-state index in [1.807, 2.05) is 18.2 Å². The topological polar surface area (TPSA) is 107 Å². The molecule has 0 fully saturated rings. The zero-order chi connectivity index (χ0) is 18.9. The van der Waals surface area contributed by atoms with Crippen molar-refractivity contribution < 1.29 is 4.79 Å². The Hall–Kier alpha value is -3.49. The normalized spacial score (nSPS) is 10.5. The van der Waals surface area contributed by atoms with Crippen LogP contribution in [0.25, 0.3) is 5.82 Å². The van der Waals surface area contributed by atoms with Crippen LogP contribution in [0, 0.1) is 0 Å². The predicted octanol–water partition coefficient (Wildman–Crippen LogP) is 0.756. The summed E-state index contributed by atoms with van der Waals surface area (Å²) in [5.74, 6) is 0.484. The highest BCUT2D eigenvalue weighted by molar-refractivity contribution is 5.73. The summed E-state index contributed by atoms with van der Waals surface area (Å²) in [4.78, 5) is 27.6. The smallest absolute Gasteiger partial charge is 0.314 e. The molecule has 2 aromatic heterocycles. The molecule has 2 heterocycles. The summed E-state index contributed by atoms with van der Waals surface area (Å²) in [6, 6.07) is 12.8. The fourth-order valence-corrected chi connectivity index (χ4v) is 2.52. The number of aryl methyl sites for hydroxylation is 1. The number of nitrogens with zero attached hydrogens (tertiary/aromatic N) is 5. The van der Waals surface area contributed by atoms with Crippen molar-refractivity contribution in [1.29, 1.82) is 0 Å². The standard InChI is InChI=1S/C18H21N7O2/c26-17-9-8-16(25-14-19-13-22-25)23-24(17)12-11-21-18(27)20-10-4-7-15-5-2-1-3-6-15/h1-3,5-6,8-9,13-14H,4,7,10-12H2,(H2,20,21,27). The molecule has 0 atom stereocenters. The number of nitrogens with one attached hydrogen (secondary N) is 2. The van der Waals surface area contributed by atoms with Gasteiger partial charge in [-0.2, -0.15) is 5.10 Å². The highest BCUT2D eigenvalue weighted by Crippen LogP contribution is 2.01. The lowest BCUT2D eigenvalue weighted by atomic mass is 10.1. The highest BCUT2D eigenvalue weighted by Gasteiger charge is 2.04. The number of amides is 2. The van der Waals surface area contributed by atoms with Crippen molar-refractivity contribution >= 4 is 6.03 Å². The Morgan fingerprint density at radius 3 is 2.63 bits per heavy atom. The van der Waals surface area contributed by atoms with E-state index in [0.29, 0.717) is 12.4 Å². The number of rotatable bonds is 8. The number of urea groups is 1. The molecule has 0 aliphatic carbocycles. The zero-order valence-corrected chi connectivity index (χ0v) is 14.8. The monoisotopic (exact) mass is 367 g/mol. The number of carbonyl (C=O) groups is 1. The number of aromatic nitrogens is 5. The Bertz CT molecular complexity index is 907. The maximum atomic E-state index is 11.9. The van der Waals surface area contributed by atoms with E-state index in [-0.39, 0.29) is 24.7 Å². The van der Waals surface area contributed by atoms with Crippen molar-refractivity contribution in [3.8, 4) is 5.82 Å². The van der Waals surface area contributed by atoms with Crippen LogP contribution in [0.15, 0.2) is 59.9 Å². The summed E-state index contributed by atoms with van der Waals surface area (Å²) in [6.45, 7) is 1.14. The summed E-state index contributed by atoms with van der Waals surface area (Å²) >= 11 is 0. The van der Waals surface area contributed by atoms with Crippen molar-refractivity contribution in [2.24, 2.45) is 0 Å². The van der Waals surface area contributed by atoms with Gasteiger partial charge in [0.25, 0.3) is 5.56 Å². The van der Waals surface area contributed by atoms with Gasteiger partial charge in [0.1, 0.15) is 12.7 Å². The van der Waals surface area contributed by atoms with E-state index in [0.717, 1.165) is 12.8 Å². The number of hydrogen-bond donors (Lipinski definition) is 2. The third-order valence-electron chi connectivity index (χ3n) is 3.89. The van der Waals surface area contributed by atoms with Crippen LogP contribution in [-0.4, -0.2) is 43.7 Å². The molecule has 0 saturated heterocycles. The minimum absolute atomic E-state index is 0.246. The molecule has 1 aromatic carbocycles. The second kappa shape index (κ2) is 9.27. The van der Waals surface area contributed by atoms with Gasteiger partial charge >= 0.3 is 6.03 Å². The van der Waals surface area contributed by atoms with Gasteiger partial charge in [0.2, 0.25) is 0 Å². The van der Waals surface area contributed by atoms with E-state index < -0.39 is 0 Å². The Morgan fingerprint density at radius 2 is 1.85 bits per heavy atom. The van der Waals surface area contributed by atoms with Crippen LogP contribution in [0.2, 0.25) is 0 Å². The molecule has 0 spiro atoms. The molecular weight excluding hydrogens is 346 g/mol. The summed E-state index contributed by atoms with van der Waals surface area (Å²) in [7, 11) is 0. The van der Waals surface area contributed by atoms with Gasteiger partial charge in [-0.3, -0.25) is 4.79 Å². The second-order valence-electron chi connectivity index (χ2n) is 5.86. The van der Waals surface area contributed by atoms with Crippen molar-refractivity contribution in [2.45, 2.75) is 19.4 Å². The van der Waals surface area contributed by atoms with Crippen LogP contribution in [-0.2, 0) is 13.0 Å². The molecule has 0 aliphatic heterocycles. The van der Waals surface area contributed by atoms with E-state index in [9.17, 15) is 9.59 Å². The van der Waals surface area contributed by atoms with Gasteiger partial charge in [0, 0.05) is 19.2 Å². The first-order valence-electron chi connectivity index (χ1n) is 8.71. The summed E-state index contributed by atoms with van der Waals surface area (Å²) in [6.07, 6.45) is 4.66. The molecule has 0 unspecified atom stereocenters. The van der Waals surface area contributed by atoms with Gasteiger partial charge in [0.15, 0.2) is 5.82 Å². The highest BCUT2D eigenvalue weighted by atomic mass is 16.2. The number of benzene rings is 1. The third kappa shape index (κ3) is 5.50. The zero-order valence-electron chi connectivity index (χ0n) is 14.8. The fourth-order valence-electron chi connectivity index (χ4n) is 2.52. The molecule has 0 aliphatic rings. The molecule has 3 rings (SSSR count). The van der Waals surface area contributed by atoms with Crippen LogP contribution in [0.1, 0.15) is 12.0 Å². The van der Waals surface area contributed by atoms with Crippen molar-refractivity contribution in [3.63, 3.8) is 0 Å². The summed E-state index contributed by atoms with van der Waals surface area (Å²) < 4.78 is 2.75. The SMILES string of the molecule is O=C(NCCCc1ccccc1)NCCn1nc(-n2cncn2)ccc1=O. The largest absolute Gasteiger partial charge is 0.338 e. The summed E-state index contributed by atoms with van der Waals surface area (Å²) in [5, 5.41) is 13.7. The van der Waals surface area contributed by atoms with Gasteiger partial charge in [-0.05, 0) is 24.5 Å². The van der Waals surface area contributed by atoms with Gasteiger partial charge < -0.3 is 10.6 Å². The quantitative estimate of drug-likeness (QED) is 0.572. The van der Waals surface area contributed by atoms with Crippen LogP contribution < -0.4 is 16.2 Å². The van der Waals surface area contributed by atoms with Crippen LogP contribution in [0.5, 0.6) is 0 Å². The maximum absolute atomic E-state index is 11.9.